The minimum atomic E-state index is 0.553. The molecule has 0 atom stereocenters. The standard InChI is InChI=1S/C14H23I/c1-10(2)7-8-12(5)9-14(11(3)4)13(6)15/h8-11H,6-7H2,1-5H3/b12-8-,14-9-. The van der Waals surface area contributed by atoms with Gasteiger partial charge in [0.1, 0.15) is 0 Å². The molecule has 0 radical (unpaired) electrons. The van der Waals surface area contributed by atoms with Crippen LogP contribution in [0.3, 0.4) is 0 Å². The Labute approximate surface area is 109 Å². The smallest absolute Gasteiger partial charge is 0.00927 e. The van der Waals surface area contributed by atoms with Crippen molar-refractivity contribution in [2.75, 3.05) is 0 Å². The summed E-state index contributed by atoms with van der Waals surface area (Å²) in [4.78, 5) is 0. The van der Waals surface area contributed by atoms with Crippen LogP contribution in [0.5, 0.6) is 0 Å². The first kappa shape index (κ1) is 14.9. The molecule has 0 N–H and O–H groups in total. The molecule has 0 aliphatic rings. The van der Waals surface area contributed by atoms with E-state index in [0.717, 1.165) is 15.9 Å². The van der Waals surface area contributed by atoms with Gasteiger partial charge in [0.15, 0.2) is 0 Å². The van der Waals surface area contributed by atoms with E-state index in [4.69, 9.17) is 0 Å². The van der Waals surface area contributed by atoms with Gasteiger partial charge < -0.3 is 0 Å². The third-order valence-corrected chi connectivity index (χ3v) is 2.85. The molecule has 0 aromatic carbocycles. The highest BCUT2D eigenvalue weighted by Crippen LogP contribution is 2.24. The second-order valence-electron chi connectivity index (χ2n) is 4.74. The summed E-state index contributed by atoms with van der Waals surface area (Å²) in [6.07, 6.45) is 5.73. The van der Waals surface area contributed by atoms with Crippen molar-refractivity contribution in [1.29, 1.82) is 0 Å². The molecule has 0 fully saturated rings. The van der Waals surface area contributed by atoms with Crippen molar-refractivity contribution in [3.63, 3.8) is 0 Å². The van der Waals surface area contributed by atoms with E-state index in [0.29, 0.717) is 5.92 Å². The molecule has 0 unspecified atom stereocenters. The SMILES string of the molecule is C=C(I)/C(=C\C(C)=C/CC(C)C)C(C)C. The van der Waals surface area contributed by atoms with Gasteiger partial charge in [0.25, 0.3) is 0 Å². The van der Waals surface area contributed by atoms with E-state index in [2.05, 4.69) is 75.9 Å². The quantitative estimate of drug-likeness (QED) is 0.463. The fraction of sp³-hybridized carbons (Fsp3) is 0.571. The maximum Gasteiger partial charge on any atom is 0.00927 e. The Bertz CT molecular complexity index is 267. The zero-order valence-corrected chi connectivity index (χ0v) is 12.8. The van der Waals surface area contributed by atoms with E-state index in [9.17, 15) is 0 Å². The van der Waals surface area contributed by atoms with Gasteiger partial charge in [-0.05, 0) is 53.3 Å². The van der Waals surface area contributed by atoms with Gasteiger partial charge in [0, 0.05) is 3.58 Å². The van der Waals surface area contributed by atoms with Crippen LogP contribution < -0.4 is 0 Å². The molecule has 1 heteroatoms. The van der Waals surface area contributed by atoms with Gasteiger partial charge in [0.2, 0.25) is 0 Å². The van der Waals surface area contributed by atoms with Gasteiger partial charge in [-0.2, -0.15) is 0 Å². The second kappa shape index (κ2) is 7.26. The van der Waals surface area contributed by atoms with Crippen LogP contribution in [0.25, 0.3) is 0 Å². The monoisotopic (exact) mass is 318 g/mol. The van der Waals surface area contributed by atoms with Crippen LogP contribution in [0.2, 0.25) is 0 Å². The van der Waals surface area contributed by atoms with Crippen LogP contribution in [0.1, 0.15) is 41.0 Å². The summed E-state index contributed by atoms with van der Waals surface area (Å²) in [7, 11) is 0. The van der Waals surface area contributed by atoms with Crippen molar-refractivity contribution >= 4 is 22.6 Å². The van der Waals surface area contributed by atoms with E-state index in [-0.39, 0.29) is 0 Å². The Kier molecular flexibility index (Phi) is 7.24. The molecule has 0 amide bonds. The zero-order chi connectivity index (χ0) is 12.0. The summed E-state index contributed by atoms with van der Waals surface area (Å²) < 4.78 is 1.15. The molecule has 0 aliphatic carbocycles. The Hall–Kier alpha value is -0.0500. The van der Waals surface area contributed by atoms with Crippen molar-refractivity contribution in [3.8, 4) is 0 Å². The minimum Gasteiger partial charge on any atom is -0.0853 e. The van der Waals surface area contributed by atoms with Crippen LogP contribution in [0.15, 0.2) is 33.5 Å². The molecule has 0 spiro atoms. The van der Waals surface area contributed by atoms with Crippen molar-refractivity contribution in [2.45, 2.75) is 41.0 Å². The highest BCUT2D eigenvalue weighted by atomic mass is 127. The lowest BCUT2D eigenvalue weighted by Gasteiger charge is -2.10. The molecule has 0 heterocycles. The Morgan fingerprint density at radius 1 is 1.27 bits per heavy atom. The second-order valence-corrected chi connectivity index (χ2v) is 6.04. The average Bonchev–Trinajstić information content (AvgIpc) is 2.09. The molecule has 0 bridgehead atoms. The molecule has 0 nitrogen and oxygen atoms in total. The van der Waals surface area contributed by atoms with Gasteiger partial charge in [-0.1, -0.05) is 52.0 Å². The van der Waals surface area contributed by atoms with E-state index < -0.39 is 0 Å². The van der Waals surface area contributed by atoms with Gasteiger partial charge in [0.05, 0.1) is 0 Å². The number of allylic oxidation sites excluding steroid dienone is 5. The fourth-order valence-corrected chi connectivity index (χ4v) is 2.06. The van der Waals surface area contributed by atoms with E-state index in [1.165, 1.54) is 11.1 Å². The maximum atomic E-state index is 4.02. The van der Waals surface area contributed by atoms with Crippen molar-refractivity contribution in [1.82, 2.24) is 0 Å². The normalized spacial score (nSPS) is 13.9. The highest BCUT2D eigenvalue weighted by Gasteiger charge is 2.04. The number of rotatable bonds is 5. The largest absolute Gasteiger partial charge is 0.0853 e. The molecular weight excluding hydrogens is 295 g/mol. The molecule has 0 aromatic heterocycles. The predicted molar refractivity (Wildman–Crippen MR) is 79.3 cm³/mol. The summed E-state index contributed by atoms with van der Waals surface area (Å²) in [6, 6.07) is 0. The van der Waals surface area contributed by atoms with Crippen molar-refractivity contribution in [3.05, 3.63) is 33.5 Å². The summed E-state index contributed by atoms with van der Waals surface area (Å²) in [5.41, 5.74) is 2.71. The molecule has 0 saturated carbocycles. The first-order valence-electron chi connectivity index (χ1n) is 5.57. The van der Waals surface area contributed by atoms with E-state index in [1.807, 2.05) is 0 Å². The lowest BCUT2D eigenvalue weighted by molar-refractivity contribution is 0.662. The van der Waals surface area contributed by atoms with Crippen LogP contribution in [0, 0.1) is 11.8 Å². The molecule has 0 aliphatic heterocycles. The maximum absolute atomic E-state index is 4.02. The van der Waals surface area contributed by atoms with E-state index >= 15 is 0 Å². The third kappa shape index (κ3) is 6.93. The van der Waals surface area contributed by atoms with Gasteiger partial charge in [-0.15, -0.1) is 0 Å². The summed E-state index contributed by atoms with van der Waals surface area (Å²) in [5.74, 6) is 1.29. The number of hydrogen-bond donors (Lipinski definition) is 0. The van der Waals surface area contributed by atoms with Crippen LogP contribution in [-0.4, -0.2) is 0 Å². The molecule has 0 aromatic rings. The van der Waals surface area contributed by atoms with Crippen LogP contribution in [0.4, 0.5) is 0 Å². The highest BCUT2D eigenvalue weighted by molar-refractivity contribution is 14.1. The molecule has 0 rings (SSSR count). The van der Waals surface area contributed by atoms with Crippen molar-refractivity contribution < 1.29 is 0 Å². The van der Waals surface area contributed by atoms with Gasteiger partial charge >= 0.3 is 0 Å². The van der Waals surface area contributed by atoms with Crippen LogP contribution >= 0.6 is 22.6 Å². The minimum absolute atomic E-state index is 0.553. The Morgan fingerprint density at radius 2 is 1.80 bits per heavy atom. The first-order chi connectivity index (χ1) is 6.84. The zero-order valence-electron chi connectivity index (χ0n) is 10.6. The number of halogens is 1. The first-order valence-corrected chi connectivity index (χ1v) is 6.65. The Balaban J connectivity index is 4.68. The lowest BCUT2D eigenvalue weighted by Crippen LogP contribution is -1.94. The third-order valence-electron chi connectivity index (χ3n) is 2.23. The van der Waals surface area contributed by atoms with Gasteiger partial charge in [-0.25, -0.2) is 0 Å². The summed E-state index contributed by atoms with van der Waals surface area (Å²) in [5, 5.41) is 0. The van der Waals surface area contributed by atoms with Crippen molar-refractivity contribution in [2.24, 2.45) is 11.8 Å². The molecule has 86 valence electrons. The summed E-state index contributed by atoms with van der Waals surface area (Å²) in [6.45, 7) is 15.1. The molecule has 0 saturated heterocycles. The van der Waals surface area contributed by atoms with E-state index in [1.54, 1.807) is 0 Å². The summed E-state index contributed by atoms with van der Waals surface area (Å²) >= 11 is 2.30. The lowest BCUT2D eigenvalue weighted by atomic mass is 10.00. The number of hydrogen-bond acceptors (Lipinski definition) is 0. The predicted octanol–water partition coefficient (Wildman–Crippen LogP) is 5.51. The van der Waals surface area contributed by atoms with Gasteiger partial charge in [-0.3, -0.25) is 0 Å². The average molecular weight is 318 g/mol. The fourth-order valence-electron chi connectivity index (χ4n) is 1.28. The molecule has 15 heavy (non-hydrogen) atoms. The van der Waals surface area contributed by atoms with Crippen LogP contribution in [-0.2, 0) is 0 Å². The topological polar surface area (TPSA) is 0 Å². The molecular formula is C14H23I. The Morgan fingerprint density at radius 3 is 2.13 bits per heavy atom.